The highest BCUT2D eigenvalue weighted by Gasteiger charge is 2.28. The maximum Gasteiger partial charge on any atom is 0.253 e. The van der Waals surface area contributed by atoms with E-state index in [1.807, 2.05) is 48.2 Å². The topological polar surface area (TPSA) is 62.3 Å². The maximum absolute atomic E-state index is 12.6. The molecule has 2 amide bonds. The highest BCUT2D eigenvalue weighted by molar-refractivity contribution is 9.10. The van der Waals surface area contributed by atoms with Crippen LogP contribution in [-0.4, -0.2) is 34.8 Å². The molecule has 1 N–H and O–H groups in total. The number of amides is 2. The van der Waals surface area contributed by atoms with Crippen LogP contribution in [0.1, 0.15) is 28.8 Å². The number of piperidine rings is 1. The van der Waals surface area contributed by atoms with Crippen LogP contribution < -0.4 is 5.32 Å². The Morgan fingerprint density at radius 3 is 2.57 bits per heavy atom. The van der Waals surface area contributed by atoms with E-state index in [1.165, 1.54) is 16.9 Å². The molecule has 1 saturated heterocycles. The summed E-state index contributed by atoms with van der Waals surface area (Å²) < 4.78 is 2.02. The van der Waals surface area contributed by atoms with Crippen molar-refractivity contribution in [3.8, 4) is 0 Å². The SMILES string of the molecule is Cc1ccc2nc(NC(=O)C3CCN(C(=O)c4ccc(Br)cc4)CC3)sc2c1. The Labute approximate surface area is 175 Å². The fourth-order valence-corrected chi connectivity index (χ4v) is 4.64. The van der Waals surface area contributed by atoms with Gasteiger partial charge in [0, 0.05) is 29.0 Å². The highest BCUT2D eigenvalue weighted by Crippen LogP contribution is 2.28. The predicted octanol–water partition coefficient (Wildman–Crippen LogP) is 4.86. The van der Waals surface area contributed by atoms with Gasteiger partial charge in [0.1, 0.15) is 0 Å². The first kappa shape index (κ1) is 19.1. The van der Waals surface area contributed by atoms with E-state index in [4.69, 9.17) is 0 Å². The number of hydrogen-bond donors (Lipinski definition) is 1. The smallest absolute Gasteiger partial charge is 0.253 e. The molecule has 0 bridgehead atoms. The van der Waals surface area contributed by atoms with Gasteiger partial charge in [0.2, 0.25) is 5.91 Å². The average Bonchev–Trinajstić information content (AvgIpc) is 3.09. The first-order valence-electron chi connectivity index (χ1n) is 9.22. The molecule has 0 radical (unpaired) electrons. The molecule has 2 aromatic carbocycles. The Hall–Kier alpha value is -2.25. The summed E-state index contributed by atoms with van der Waals surface area (Å²) in [6, 6.07) is 13.4. The lowest BCUT2D eigenvalue weighted by Gasteiger charge is -2.31. The number of likely N-dealkylation sites (tertiary alicyclic amines) is 1. The van der Waals surface area contributed by atoms with E-state index in [0.29, 0.717) is 36.6 Å². The molecular formula is C21H20BrN3O2S. The molecule has 144 valence electrons. The zero-order valence-electron chi connectivity index (χ0n) is 15.4. The minimum Gasteiger partial charge on any atom is -0.339 e. The molecule has 5 nitrogen and oxygen atoms in total. The second kappa shape index (κ2) is 8.01. The molecule has 0 spiro atoms. The fraction of sp³-hybridized carbons (Fsp3) is 0.286. The van der Waals surface area contributed by atoms with Gasteiger partial charge in [0.15, 0.2) is 5.13 Å². The van der Waals surface area contributed by atoms with E-state index in [9.17, 15) is 9.59 Å². The molecule has 0 aliphatic carbocycles. The van der Waals surface area contributed by atoms with Gasteiger partial charge in [-0.2, -0.15) is 0 Å². The average molecular weight is 458 g/mol. The van der Waals surface area contributed by atoms with E-state index < -0.39 is 0 Å². The van der Waals surface area contributed by atoms with Crippen LogP contribution in [-0.2, 0) is 4.79 Å². The van der Waals surface area contributed by atoms with Crippen LogP contribution in [0.2, 0.25) is 0 Å². The summed E-state index contributed by atoms with van der Waals surface area (Å²) in [6.07, 6.45) is 1.33. The van der Waals surface area contributed by atoms with Crippen molar-refractivity contribution in [1.29, 1.82) is 0 Å². The third-order valence-electron chi connectivity index (χ3n) is 5.02. The van der Waals surface area contributed by atoms with Gasteiger partial charge in [-0.1, -0.05) is 33.3 Å². The van der Waals surface area contributed by atoms with E-state index in [0.717, 1.165) is 14.7 Å². The Morgan fingerprint density at radius 1 is 1.14 bits per heavy atom. The Balaban J connectivity index is 1.35. The van der Waals surface area contributed by atoms with Gasteiger partial charge in [0.25, 0.3) is 5.91 Å². The number of benzene rings is 2. The number of rotatable bonds is 3. The number of aromatic nitrogens is 1. The van der Waals surface area contributed by atoms with E-state index in [1.54, 1.807) is 0 Å². The van der Waals surface area contributed by atoms with Crippen LogP contribution in [0.15, 0.2) is 46.9 Å². The number of nitrogens with zero attached hydrogens (tertiary/aromatic N) is 2. The normalized spacial score (nSPS) is 15.0. The van der Waals surface area contributed by atoms with E-state index in [-0.39, 0.29) is 17.7 Å². The number of carbonyl (C=O) groups excluding carboxylic acids is 2. The molecule has 4 rings (SSSR count). The van der Waals surface area contributed by atoms with Gasteiger partial charge in [-0.3, -0.25) is 9.59 Å². The first-order valence-corrected chi connectivity index (χ1v) is 10.8. The summed E-state index contributed by atoms with van der Waals surface area (Å²) >= 11 is 4.88. The quantitative estimate of drug-likeness (QED) is 0.610. The van der Waals surface area contributed by atoms with Crippen molar-refractivity contribution < 1.29 is 9.59 Å². The molecule has 0 saturated carbocycles. The molecule has 3 aromatic rings. The van der Waals surface area contributed by atoms with Crippen LogP contribution in [0.4, 0.5) is 5.13 Å². The van der Waals surface area contributed by atoms with Gasteiger partial charge in [-0.05, 0) is 61.7 Å². The number of thiazole rings is 1. The Morgan fingerprint density at radius 2 is 1.86 bits per heavy atom. The van der Waals surface area contributed by atoms with Crippen LogP contribution in [0.5, 0.6) is 0 Å². The molecule has 0 unspecified atom stereocenters. The zero-order chi connectivity index (χ0) is 19.7. The van der Waals surface area contributed by atoms with Crippen LogP contribution >= 0.6 is 27.3 Å². The highest BCUT2D eigenvalue weighted by atomic mass is 79.9. The van der Waals surface area contributed by atoms with Crippen molar-refractivity contribution in [2.24, 2.45) is 5.92 Å². The Bertz CT molecular complexity index is 1020. The monoisotopic (exact) mass is 457 g/mol. The second-order valence-electron chi connectivity index (χ2n) is 7.05. The molecule has 28 heavy (non-hydrogen) atoms. The van der Waals surface area contributed by atoms with E-state index in [2.05, 4.69) is 32.3 Å². The predicted molar refractivity (Wildman–Crippen MR) is 116 cm³/mol. The van der Waals surface area contributed by atoms with Crippen molar-refractivity contribution in [1.82, 2.24) is 9.88 Å². The van der Waals surface area contributed by atoms with Gasteiger partial charge >= 0.3 is 0 Å². The third kappa shape index (κ3) is 4.10. The van der Waals surface area contributed by atoms with Crippen molar-refractivity contribution in [3.05, 3.63) is 58.1 Å². The number of carbonyl (C=O) groups is 2. The fourth-order valence-electron chi connectivity index (χ4n) is 3.41. The molecular weight excluding hydrogens is 438 g/mol. The molecule has 1 aliphatic heterocycles. The Kier molecular flexibility index (Phi) is 5.46. The minimum atomic E-state index is -0.0947. The second-order valence-corrected chi connectivity index (χ2v) is 9.00. The summed E-state index contributed by atoms with van der Waals surface area (Å²) in [5, 5.41) is 3.60. The number of hydrogen-bond acceptors (Lipinski definition) is 4. The third-order valence-corrected chi connectivity index (χ3v) is 6.48. The summed E-state index contributed by atoms with van der Waals surface area (Å²) in [6.45, 7) is 3.22. The molecule has 1 aromatic heterocycles. The van der Waals surface area contributed by atoms with Crippen molar-refractivity contribution >= 4 is 54.4 Å². The number of fused-ring (bicyclic) bond motifs is 1. The molecule has 7 heteroatoms. The number of anilines is 1. The van der Waals surface area contributed by atoms with Gasteiger partial charge in [-0.15, -0.1) is 0 Å². The number of halogens is 1. The molecule has 1 fully saturated rings. The molecule has 2 heterocycles. The summed E-state index contributed by atoms with van der Waals surface area (Å²) in [7, 11) is 0. The number of nitrogens with one attached hydrogen (secondary N) is 1. The lowest BCUT2D eigenvalue weighted by atomic mass is 9.95. The standard InChI is InChI=1S/C21H20BrN3O2S/c1-13-2-7-17-18(12-13)28-21(23-17)24-19(26)14-8-10-25(11-9-14)20(27)15-3-5-16(22)6-4-15/h2-7,12,14H,8-11H2,1H3,(H,23,24,26). The first-order chi connectivity index (χ1) is 13.5. The largest absolute Gasteiger partial charge is 0.339 e. The van der Waals surface area contributed by atoms with Crippen LogP contribution in [0, 0.1) is 12.8 Å². The summed E-state index contributed by atoms with van der Waals surface area (Å²) in [5.41, 5.74) is 2.76. The van der Waals surface area contributed by atoms with Gasteiger partial charge in [0.05, 0.1) is 10.2 Å². The summed E-state index contributed by atoms with van der Waals surface area (Å²) in [5.74, 6) is -0.0814. The molecule has 1 aliphatic rings. The lowest BCUT2D eigenvalue weighted by Crippen LogP contribution is -2.41. The summed E-state index contributed by atoms with van der Waals surface area (Å²) in [4.78, 5) is 31.6. The van der Waals surface area contributed by atoms with Gasteiger partial charge in [-0.25, -0.2) is 4.98 Å². The maximum atomic E-state index is 12.6. The van der Waals surface area contributed by atoms with Crippen molar-refractivity contribution in [2.45, 2.75) is 19.8 Å². The molecule has 0 atom stereocenters. The van der Waals surface area contributed by atoms with Crippen LogP contribution in [0.25, 0.3) is 10.2 Å². The van der Waals surface area contributed by atoms with Crippen molar-refractivity contribution in [3.63, 3.8) is 0 Å². The van der Waals surface area contributed by atoms with Crippen LogP contribution in [0.3, 0.4) is 0 Å². The zero-order valence-corrected chi connectivity index (χ0v) is 17.8. The number of aryl methyl sites for hydroxylation is 1. The lowest BCUT2D eigenvalue weighted by molar-refractivity contribution is -0.121. The van der Waals surface area contributed by atoms with Gasteiger partial charge < -0.3 is 10.2 Å². The van der Waals surface area contributed by atoms with Crippen molar-refractivity contribution in [2.75, 3.05) is 18.4 Å². The minimum absolute atomic E-state index is 0.00785. The van der Waals surface area contributed by atoms with E-state index >= 15 is 0 Å².